The Morgan fingerprint density at radius 3 is 2.58 bits per heavy atom. The molecular weight excluding hydrogens is 240 g/mol. The van der Waals surface area contributed by atoms with Crippen LogP contribution in [0.2, 0.25) is 0 Å². The molecule has 4 heteroatoms. The molecule has 2 rings (SSSR count). The first-order valence-electron chi connectivity index (χ1n) is 6.27. The van der Waals surface area contributed by atoms with Gasteiger partial charge in [0.15, 0.2) is 0 Å². The number of rotatable bonds is 3. The first kappa shape index (κ1) is 13.3. The normalized spacial score (nSPS) is 10.8. The quantitative estimate of drug-likeness (QED) is 0.921. The standard InChI is InChI=1S/C15H18N2O2/c1-9(2)12-8-11(5-6-14(12)19-4)13-7-10(3)16-15(18)17-13/h5-9H,1-4H3,(H,16,17,18). The first-order valence-corrected chi connectivity index (χ1v) is 6.27. The zero-order valence-corrected chi connectivity index (χ0v) is 11.7. The second-order valence-electron chi connectivity index (χ2n) is 4.87. The van der Waals surface area contributed by atoms with E-state index < -0.39 is 0 Å². The van der Waals surface area contributed by atoms with Crippen molar-refractivity contribution in [3.05, 3.63) is 46.0 Å². The van der Waals surface area contributed by atoms with Gasteiger partial charge in [-0.25, -0.2) is 4.79 Å². The van der Waals surface area contributed by atoms with Gasteiger partial charge in [-0.15, -0.1) is 0 Å². The van der Waals surface area contributed by atoms with E-state index in [0.29, 0.717) is 11.6 Å². The molecule has 0 spiro atoms. The second-order valence-corrected chi connectivity index (χ2v) is 4.87. The van der Waals surface area contributed by atoms with Crippen molar-refractivity contribution >= 4 is 0 Å². The number of H-pyrrole nitrogens is 1. The number of aryl methyl sites for hydroxylation is 1. The number of nitrogens with one attached hydrogen (secondary N) is 1. The zero-order chi connectivity index (χ0) is 14.0. The molecule has 100 valence electrons. The summed E-state index contributed by atoms with van der Waals surface area (Å²) in [5.74, 6) is 1.21. The molecule has 0 fully saturated rings. The van der Waals surface area contributed by atoms with Gasteiger partial charge in [-0.2, -0.15) is 4.98 Å². The summed E-state index contributed by atoms with van der Waals surface area (Å²) in [7, 11) is 1.66. The molecule has 1 heterocycles. The Hall–Kier alpha value is -2.10. The van der Waals surface area contributed by atoms with Crippen molar-refractivity contribution in [3.8, 4) is 17.0 Å². The number of methoxy groups -OCH3 is 1. The predicted molar refractivity (Wildman–Crippen MR) is 75.7 cm³/mol. The molecule has 4 nitrogen and oxygen atoms in total. The highest BCUT2D eigenvalue weighted by Crippen LogP contribution is 2.30. The highest BCUT2D eigenvalue weighted by molar-refractivity contribution is 5.62. The van der Waals surface area contributed by atoms with E-state index in [9.17, 15) is 4.79 Å². The van der Waals surface area contributed by atoms with Crippen LogP contribution in [-0.2, 0) is 0 Å². The van der Waals surface area contributed by atoms with E-state index in [2.05, 4.69) is 23.8 Å². The summed E-state index contributed by atoms with van der Waals surface area (Å²) in [4.78, 5) is 18.1. The minimum absolute atomic E-state index is 0.322. The maximum atomic E-state index is 11.4. The summed E-state index contributed by atoms with van der Waals surface area (Å²) < 4.78 is 5.36. The van der Waals surface area contributed by atoms with Gasteiger partial charge >= 0.3 is 5.69 Å². The van der Waals surface area contributed by atoms with Crippen LogP contribution in [0.1, 0.15) is 31.0 Å². The van der Waals surface area contributed by atoms with E-state index >= 15 is 0 Å². The lowest BCUT2D eigenvalue weighted by Gasteiger charge is -2.13. The Morgan fingerprint density at radius 2 is 2.00 bits per heavy atom. The van der Waals surface area contributed by atoms with Crippen LogP contribution in [0.15, 0.2) is 29.1 Å². The van der Waals surface area contributed by atoms with Crippen molar-refractivity contribution in [2.24, 2.45) is 0 Å². The molecule has 0 aliphatic rings. The number of nitrogens with zero attached hydrogens (tertiary/aromatic N) is 1. The molecule has 0 amide bonds. The van der Waals surface area contributed by atoms with Crippen molar-refractivity contribution < 1.29 is 4.74 Å². The van der Waals surface area contributed by atoms with Gasteiger partial charge < -0.3 is 9.72 Å². The number of benzene rings is 1. The Bertz CT molecular complexity index is 645. The lowest BCUT2D eigenvalue weighted by atomic mass is 9.98. The average Bonchev–Trinajstić information content (AvgIpc) is 2.36. The van der Waals surface area contributed by atoms with Gasteiger partial charge in [0.05, 0.1) is 12.8 Å². The molecule has 0 unspecified atom stereocenters. The summed E-state index contributed by atoms with van der Waals surface area (Å²) in [6, 6.07) is 7.74. The van der Waals surface area contributed by atoms with Gasteiger partial charge in [-0.3, -0.25) is 0 Å². The molecule has 1 N–H and O–H groups in total. The van der Waals surface area contributed by atoms with E-state index in [0.717, 1.165) is 22.6 Å². The molecule has 0 radical (unpaired) electrons. The molecule has 0 aliphatic heterocycles. The van der Waals surface area contributed by atoms with Crippen LogP contribution in [0.3, 0.4) is 0 Å². The largest absolute Gasteiger partial charge is 0.496 e. The predicted octanol–water partition coefficient (Wildman–Crippen LogP) is 2.88. The van der Waals surface area contributed by atoms with Gasteiger partial charge in [0.2, 0.25) is 0 Å². The molecule has 0 aliphatic carbocycles. The van der Waals surface area contributed by atoms with E-state index in [1.165, 1.54) is 0 Å². The maximum absolute atomic E-state index is 11.4. The Balaban J connectivity index is 2.57. The summed E-state index contributed by atoms with van der Waals surface area (Å²) >= 11 is 0. The van der Waals surface area contributed by atoms with Gasteiger partial charge in [-0.1, -0.05) is 13.8 Å². The fraction of sp³-hybridized carbons (Fsp3) is 0.333. The van der Waals surface area contributed by atoms with Crippen LogP contribution >= 0.6 is 0 Å². The van der Waals surface area contributed by atoms with Gasteiger partial charge in [0.1, 0.15) is 5.75 Å². The fourth-order valence-electron chi connectivity index (χ4n) is 2.07. The summed E-state index contributed by atoms with van der Waals surface area (Å²) in [5.41, 5.74) is 3.21. The van der Waals surface area contributed by atoms with Gasteiger partial charge in [-0.05, 0) is 42.7 Å². The highest BCUT2D eigenvalue weighted by atomic mass is 16.5. The van der Waals surface area contributed by atoms with Crippen molar-refractivity contribution in [1.29, 1.82) is 0 Å². The monoisotopic (exact) mass is 258 g/mol. The number of ether oxygens (including phenoxy) is 1. The van der Waals surface area contributed by atoms with Crippen LogP contribution in [0.25, 0.3) is 11.3 Å². The SMILES string of the molecule is COc1ccc(-c2cc(C)[nH]c(=O)n2)cc1C(C)C. The Labute approximate surface area is 112 Å². The molecule has 19 heavy (non-hydrogen) atoms. The summed E-state index contributed by atoms with van der Waals surface area (Å²) in [6.45, 7) is 6.07. The third kappa shape index (κ3) is 2.84. The molecule has 2 aromatic rings. The number of hydrogen-bond acceptors (Lipinski definition) is 3. The average molecular weight is 258 g/mol. The van der Waals surface area contributed by atoms with Crippen LogP contribution in [0, 0.1) is 6.92 Å². The van der Waals surface area contributed by atoms with Crippen LogP contribution in [0.5, 0.6) is 5.75 Å². The van der Waals surface area contributed by atoms with Gasteiger partial charge in [0.25, 0.3) is 0 Å². The third-order valence-electron chi connectivity index (χ3n) is 3.03. The minimum Gasteiger partial charge on any atom is -0.496 e. The molecule has 1 aromatic heterocycles. The van der Waals surface area contributed by atoms with E-state index in [4.69, 9.17) is 4.74 Å². The zero-order valence-electron chi connectivity index (χ0n) is 11.7. The second kappa shape index (κ2) is 5.26. The highest BCUT2D eigenvalue weighted by Gasteiger charge is 2.10. The fourth-order valence-corrected chi connectivity index (χ4v) is 2.07. The first-order chi connectivity index (χ1) is 9.01. The Kier molecular flexibility index (Phi) is 3.69. The Morgan fingerprint density at radius 1 is 1.26 bits per heavy atom. The molecule has 0 bridgehead atoms. The topological polar surface area (TPSA) is 55.0 Å². The van der Waals surface area contributed by atoms with Crippen molar-refractivity contribution in [2.45, 2.75) is 26.7 Å². The number of aromatic nitrogens is 2. The molecule has 0 atom stereocenters. The third-order valence-corrected chi connectivity index (χ3v) is 3.03. The van der Waals surface area contributed by atoms with Crippen molar-refractivity contribution in [3.63, 3.8) is 0 Å². The van der Waals surface area contributed by atoms with Crippen LogP contribution in [-0.4, -0.2) is 17.1 Å². The smallest absolute Gasteiger partial charge is 0.345 e. The van der Waals surface area contributed by atoms with Gasteiger partial charge in [0, 0.05) is 11.3 Å². The lowest BCUT2D eigenvalue weighted by molar-refractivity contribution is 0.407. The van der Waals surface area contributed by atoms with E-state index in [1.807, 2.05) is 31.2 Å². The number of aromatic amines is 1. The van der Waals surface area contributed by atoms with E-state index in [-0.39, 0.29) is 5.69 Å². The summed E-state index contributed by atoms with van der Waals surface area (Å²) in [5, 5.41) is 0. The maximum Gasteiger partial charge on any atom is 0.345 e. The van der Waals surface area contributed by atoms with Crippen LogP contribution < -0.4 is 10.4 Å². The van der Waals surface area contributed by atoms with Crippen molar-refractivity contribution in [1.82, 2.24) is 9.97 Å². The number of hydrogen-bond donors (Lipinski definition) is 1. The summed E-state index contributed by atoms with van der Waals surface area (Å²) in [6.07, 6.45) is 0. The van der Waals surface area contributed by atoms with Crippen LogP contribution in [0.4, 0.5) is 0 Å². The molecule has 1 aromatic carbocycles. The molecule has 0 saturated carbocycles. The molecular formula is C15H18N2O2. The molecule has 0 saturated heterocycles. The minimum atomic E-state index is -0.322. The van der Waals surface area contributed by atoms with Crippen molar-refractivity contribution in [2.75, 3.05) is 7.11 Å². The lowest BCUT2D eigenvalue weighted by Crippen LogP contribution is -2.12. The van der Waals surface area contributed by atoms with E-state index in [1.54, 1.807) is 7.11 Å².